The summed E-state index contributed by atoms with van der Waals surface area (Å²) in [6, 6.07) is 3.32. The van der Waals surface area contributed by atoms with Crippen molar-refractivity contribution in [1.82, 2.24) is 4.90 Å². The van der Waals surface area contributed by atoms with Crippen LogP contribution in [0.4, 0.5) is 5.69 Å². The fraction of sp³-hybridized carbons (Fsp3) is 0.529. The highest BCUT2D eigenvalue weighted by Crippen LogP contribution is 2.39. The zero-order valence-electron chi connectivity index (χ0n) is 15.0. The van der Waals surface area contributed by atoms with Gasteiger partial charge in [0.1, 0.15) is 0 Å². The Kier molecular flexibility index (Phi) is 7.88. The Balaban J connectivity index is 2.78. The van der Waals surface area contributed by atoms with Gasteiger partial charge in [0.15, 0.2) is 11.5 Å². The van der Waals surface area contributed by atoms with Crippen molar-refractivity contribution in [2.45, 2.75) is 26.7 Å². The summed E-state index contributed by atoms with van der Waals surface area (Å²) in [6.45, 7) is 4.53. The first-order valence-corrected chi connectivity index (χ1v) is 7.82. The lowest BCUT2D eigenvalue weighted by Gasteiger charge is -2.20. The summed E-state index contributed by atoms with van der Waals surface area (Å²) in [5.74, 6) is 1.17. The van der Waals surface area contributed by atoms with E-state index in [-0.39, 0.29) is 18.2 Å². The average molecular weight is 338 g/mol. The van der Waals surface area contributed by atoms with Crippen LogP contribution in [0.5, 0.6) is 17.2 Å². The van der Waals surface area contributed by atoms with E-state index in [1.54, 1.807) is 17.0 Å². The molecule has 0 fully saturated rings. The number of nitrogens with zero attached hydrogens (tertiary/aromatic N) is 1. The Hall–Kier alpha value is -2.44. The van der Waals surface area contributed by atoms with Crippen LogP contribution in [0.3, 0.4) is 0 Å². The largest absolute Gasteiger partial charge is 0.493 e. The number of amides is 2. The fourth-order valence-corrected chi connectivity index (χ4v) is 2.31. The maximum absolute atomic E-state index is 12.1. The van der Waals surface area contributed by atoms with E-state index in [9.17, 15) is 9.59 Å². The molecule has 0 spiro atoms. The molecule has 24 heavy (non-hydrogen) atoms. The first kappa shape index (κ1) is 19.6. The predicted octanol–water partition coefficient (Wildman–Crippen LogP) is 2.30. The van der Waals surface area contributed by atoms with Crippen LogP contribution < -0.4 is 19.5 Å². The Morgan fingerprint density at radius 3 is 2.04 bits per heavy atom. The molecule has 0 bridgehead atoms. The third kappa shape index (κ3) is 5.33. The van der Waals surface area contributed by atoms with Crippen molar-refractivity contribution in [2.24, 2.45) is 0 Å². The second-order valence-electron chi connectivity index (χ2n) is 5.22. The van der Waals surface area contributed by atoms with Crippen LogP contribution in [0, 0.1) is 0 Å². The first-order valence-electron chi connectivity index (χ1n) is 7.82. The number of hydrogen-bond donors (Lipinski definition) is 1. The van der Waals surface area contributed by atoms with Gasteiger partial charge in [-0.2, -0.15) is 0 Å². The number of rotatable bonds is 9. The highest BCUT2D eigenvalue weighted by molar-refractivity contribution is 5.92. The normalized spacial score (nSPS) is 10.0. The van der Waals surface area contributed by atoms with E-state index in [2.05, 4.69) is 5.32 Å². The lowest BCUT2D eigenvalue weighted by atomic mass is 10.2. The maximum Gasteiger partial charge on any atom is 0.226 e. The van der Waals surface area contributed by atoms with E-state index < -0.39 is 0 Å². The number of ether oxygens (including phenoxy) is 3. The molecule has 0 unspecified atom stereocenters. The Morgan fingerprint density at radius 1 is 1.04 bits per heavy atom. The van der Waals surface area contributed by atoms with Crippen LogP contribution in [0.25, 0.3) is 0 Å². The molecule has 134 valence electrons. The standard InChI is InChI=1S/C17H26N2O5/c1-6-8-19(12(2)20)9-7-16(21)18-13-10-14(22-3)17(24-5)15(11-13)23-4/h10-11H,6-9H2,1-5H3,(H,18,21). The third-order valence-electron chi connectivity index (χ3n) is 3.50. The lowest BCUT2D eigenvalue weighted by Crippen LogP contribution is -2.32. The van der Waals surface area contributed by atoms with Crippen LogP contribution in [0.15, 0.2) is 12.1 Å². The molecule has 0 atom stereocenters. The van der Waals surface area contributed by atoms with Gasteiger partial charge in [-0.1, -0.05) is 6.92 Å². The molecule has 0 aliphatic carbocycles. The number of carbonyl (C=O) groups is 2. The number of anilines is 1. The molecule has 1 N–H and O–H groups in total. The van der Waals surface area contributed by atoms with Crippen molar-refractivity contribution in [3.8, 4) is 17.2 Å². The van der Waals surface area contributed by atoms with E-state index >= 15 is 0 Å². The number of carbonyl (C=O) groups excluding carboxylic acids is 2. The van der Waals surface area contributed by atoms with Gasteiger partial charge in [-0.05, 0) is 6.42 Å². The van der Waals surface area contributed by atoms with E-state index in [0.29, 0.717) is 36.0 Å². The number of benzene rings is 1. The van der Waals surface area contributed by atoms with Crippen molar-refractivity contribution >= 4 is 17.5 Å². The van der Waals surface area contributed by atoms with Gasteiger partial charge in [-0.3, -0.25) is 9.59 Å². The van der Waals surface area contributed by atoms with Crippen molar-refractivity contribution in [3.63, 3.8) is 0 Å². The summed E-state index contributed by atoms with van der Waals surface area (Å²) in [5, 5.41) is 2.79. The van der Waals surface area contributed by atoms with Gasteiger partial charge in [0.25, 0.3) is 0 Å². The van der Waals surface area contributed by atoms with E-state index in [1.165, 1.54) is 28.3 Å². The molecule has 0 aliphatic heterocycles. The van der Waals surface area contributed by atoms with Crippen molar-refractivity contribution in [1.29, 1.82) is 0 Å². The molecule has 7 heteroatoms. The molecule has 0 saturated carbocycles. The molecule has 0 saturated heterocycles. The van der Waals surface area contributed by atoms with Crippen molar-refractivity contribution < 1.29 is 23.8 Å². The van der Waals surface area contributed by atoms with Gasteiger partial charge in [-0.25, -0.2) is 0 Å². The Morgan fingerprint density at radius 2 is 1.62 bits per heavy atom. The van der Waals surface area contributed by atoms with Gasteiger partial charge < -0.3 is 24.4 Å². The van der Waals surface area contributed by atoms with E-state index in [1.807, 2.05) is 6.92 Å². The molecule has 1 aromatic rings. The summed E-state index contributed by atoms with van der Waals surface area (Å²) in [4.78, 5) is 25.3. The zero-order chi connectivity index (χ0) is 18.1. The fourth-order valence-electron chi connectivity index (χ4n) is 2.31. The maximum atomic E-state index is 12.1. The average Bonchev–Trinajstić information content (AvgIpc) is 2.57. The Bertz CT molecular complexity index is 549. The number of nitrogens with one attached hydrogen (secondary N) is 1. The summed E-state index contributed by atoms with van der Waals surface area (Å²) >= 11 is 0. The number of methoxy groups -OCH3 is 3. The minimum absolute atomic E-state index is 0.0302. The summed E-state index contributed by atoms with van der Waals surface area (Å²) < 4.78 is 15.8. The van der Waals surface area contributed by atoms with Crippen molar-refractivity contribution in [2.75, 3.05) is 39.7 Å². The molecule has 0 aromatic heterocycles. The second kappa shape index (κ2) is 9.64. The molecule has 0 heterocycles. The SMILES string of the molecule is CCCN(CCC(=O)Nc1cc(OC)c(OC)c(OC)c1)C(C)=O. The topological polar surface area (TPSA) is 77.1 Å². The van der Waals surface area contributed by atoms with Crippen LogP contribution >= 0.6 is 0 Å². The molecular weight excluding hydrogens is 312 g/mol. The Labute approximate surface area is 142 Å². The van der Waals surface area contributed by atoms with Gasteiger partial charge >= 0.3 is 0 Å². The van der Waals surface area contributed by atoms with Gasteiger partial charge in [-0.15, -0.1) is 0 Å². The van der Waals surface area contributed by atoms with Crippen LogP contribution in [0.2, 0.25) is 0 Å². The van der Waals surface area contributed by atoms with E-state index in [4.69, 9.17) is 14.2 Å². The predicted molar refractivity (Wildman–Crippen MR) is 91.9 cm³/mol. The molecular formula is C17H26N2O5. The molecule has 1 aromatic carbocycles. The van der Waals surface area contributed by atoms with Crippen LogP contribution in [0.1, 0.15) is 26.7 Å². The van der Waals surface area contributed by atoms with Gasteiger partial charge in [0, 0.05) is 44.3 Å². The monoisotopic (exact) mass is 338 g/mol. The first-order chi connectivity index (χ1) is 11.5. The molecule has 0 aliphatic rings. The minimum Gasteiger partial charge on any atom is -0.493 e. The van der Waals surface area contributed by atoms with Crippen LogP contribution in [-0.4, -0.2) is 51.1 Å². The van der Waals surface area contributed by atoms with Crippen molar-refractivity contribution in [3.05, 3.63) is 12.1 Å². The third-order valence-corrected chi connectivity index (χ3v) is 3.50. The molecule has 7 nitrogen and oxygen atoms in total. The summed E-state index contributed by atoms with van der Waals surface area (Å²) in [5.41, 5.74) is 0.541. The smallest absolute Gasteiger partial charge is 0.226 e. The summed E-state index contributed by atoms with van der Waals surface area (Å²) in [7, 11) is 4.54. The number of hydrogen-bond acceptors (Lipinski definition) is 5. The minimum atomic E-state index is -0.188. The van der Waals surface area contributed by atoms with Gasteiger partial charge in [0.2, 0.25) is 17.6 Å². The highest BCUT2D eigenvalue weighted by atomic mass is 16.5. The molecule has 2 amide bonds. The second-order valence-corrected chi connectivity index (χ2v) is 5.22. The highest BCUT2D eigenvalue weighted by Gasteiger charge is 2.15. The zero-order valence-corrected chi connectivity index (χ0v) is 15.0. The molecule has 0 radical (unpaired) electrons. The summed E-state index contributed by atoms with van der Waals surface area (Å²) in [6.07, 6.45) is 1.07. The van der Waals surface area contributed by atoms with Crippen LogP contribution in [-0.2, 0) is 9.59 Å². The van der Waals surface area contributed by atoms with Gasteiger partial charge in [0.05, 0.1) is 21.3 Å². The van der Waals surface area contributed by atoms with E-state index in [0.717, 1.165) is 6.42 Å². The lowest BCUT2D eigenvalue weighted by molar-refractivity contribution is -0.129. The molecule has 1 rings (SSSR count). The quantitative estimate of drug-likeness (QED) is 0.747.